The summed E-state index contributed by atoms with van der Waals surface area (Å²) in [5.41, 5.74) is 0.519. The van der Waals surface area contributed by atoms with Crippen LogP contribution in [0.4, 0.5) is 5.69 Å². The van der Waals surface area contributed by atoms with Gasteiger partial charge in [0.2, 0.25) is 5.91 Å². The fraction of sp³-hybridized carbons (Fsp3) is 0.250. The van der Waals surface area contributed by atoms with Crippen molar-refractivity contribution < 1.29 is 14.3 Å². The number of rotatable bonds is 8. The molecule has 0 bridgehead atoms. The van der Waals surface area contributed by atoms with Crippen LogP contribution < -0.4 is 14.8 Å². The van der Waals surface area contributed by atoms with Gasteiger partial charge in [-0.1, -0.05) is 39.3 Å². The van der Waals surface area contributed by atoms with E-state index in [0.717, 1.165) is 10.2 Å². The van der Waals surface area contributed by atoms with Crippen molar-refractivity contribution in [2.45, 2.75) is 18.2 Å². The van der Waals surface area contributed by atoms with Crippen LogP contribution in [0.25, 0.3) is 0 Å². The number of thioether (sulfide) groups is 1. The van der Waals surface area contributed by atoms with Crippen LogP contribution in [0.15, 0.2) is 52.1 Å². The molecule has 3 aromatic rings. The van der Waals surface area contributed by atoms with Crippen molar-refractivity contribution in [2.75, 3.05) is 18.2 Å². The molecule has 0 fully saturated rings. The van der Waals surface area contributed by atoms with E-state index in [4.69, 9.17) is 21.1 Å². The van der Waals surface area contributed by atoms with Gasteiger partial charge in [-0.2, -0.15) is 0 Å². The van der Waals surface area contributed by atoms with E-state index in [-0.39, 0.29) is 17.8 Å². The van der Waals surface area contributed by atoms with Gasteiger partial charge in [-0.05, 0) is 49.4 Å². The van der Waals surface area contributed by atoms with Crippen molar-refractivity contribution in [3.63, 3.8) is 0 Å². The first-order valence-corrected chi connectivity index (χ1v) is 11.1. The molecule has 0 radical (unpaired) electrons. The molecule has 7 nitrogen and oxygen atoms in total. The van der Waals surface area contributed by atoms with E-state index >= 15 is 0 Å². The van der Waals surface area contributed by atoms with Gasteiger partial charge in [-0.15, -0.1) is 10.2 Å². The lowest BCUT2D eigenvalue weighted by molar-refractivity contribution is -0.113. The molecule has 0 aliphatic carbocycles. The summed E-state index contributed by atoms with van der Waals surface area (Å²) >= 11 is 10.7. The highest BCUT2D eigenvalue weighted by atomic mass is 79.9. The topological polar surface area (TPSA) is 78.3 Å². The Labute approximate surface area is 192 Å². The zero-order chi connectivity index (χ0) is 21.7. The van der Waals surface area contributed by atoms with Crippen LogP contribution in [0, 0.1) is 0 Å². The number of carbonyl (C=O) groups is 1. The fourth-order valence-corrected chi connectivity index (χ4v) is 3.82. The predicted molar refractivity (Wildman–Crippen MR) is 122 cm³/mol. The number of benzene rings is 2. The molecule has 0 spiro atoms. The summed E-state index contributed by atoms with van der Waals surface area (Å²) in [4.78, 5) is 12.4. The molecular weight excluding hydrogens is 492 g/mol. The minimum Gasteiger partial charge on any atom is -0.495 e. The van der Waals surface area contributed by atoms with Crippen LogP contribution in [0.2, 0.25) is 5.02 Å². The van der Waals surface area contributed by atoms with Gasteiger partial charge in [0.1, 0.15) is 11.5 Å². The van der Waals surface area contributed by atoms with E-state index in [2.05, 4.69) is 31.4 Å². The van der Waals surface area contributed by atoms with Gasteiger partial charge in [0.05, 0.1) is 18.6 Å². The third-order valence-electron chi connectivity index (χ3n) is 4.13. The zero-order valence-corrected chi connectivity index (χ0v) is 19.7. The summed E-state index contributed by atoms with van der Waals surface area (Å²) in [7, 11) is 3.38. The molecule has 30 heavy (non-hydrogen) atoms. The molecule has 1 aromatic heterocycles. The van der Waals surface area contributed by atoms with Crippen molar-refractivity contribution >= 4 is 50.9 Å². The minimum absolute atomic E-state index is 0.156. The second-order valence-corrected chi connectivity index (χ2v) is 8.59. The molecule has 3 rings (SSSR count). The normalized spacial score (nSPS) is 11.8. The predicted octanol–water partition coefficient (Wildman–Crippen LogP) is 5.11. The second-order valence-electron chi connectivity index (χ2n) is 6.30. The first-order chi connectivity index (χ1) is 14.4. The van der Waals surface area contributed by atoms with Gasteiger partial charge in [0, 0.05) is 16.5 Å². The van der Waals surface area contributed by atoms with Gasteiger partial charge < -0.3 is 19.4 Å². The lowest BCUT2D eigenvalue weighted by Crippen LogP contribution is -2.15. The number of methoxy groups -OCH3 is 1. The molecule has 1 unspecified atom stereocenters. The van der Waals surface area contributed by atoms with Crippen LogP contribution in [-0.2, 0) is 11.8 Å². The maximum Gasteiger partial charge on any atom is 0.234 e. The quantitative estimate of drug-likeness (QED) is 0.423. The molecule has 10 heteroatoms. The largest absolute Gasteiger partial charge is 0.495 e. The van der Waals surface area contributed by atoms with E-state index in [9.17, 15) is 4.79 Å². The standard InChI is InChI=1S/C20H20BrClN4O3S/c1-12(29-15-7-4-13(21)5-8-15)19-24-25-20(26(19)2)30-11-18(27)23-16-10-14(22)6-9-17(16)28-3/h4-10,12H,11H2,1-3H3,(H,23,27). The minimum atomic E-state index is -0.303. The van der Waals surface area contributed by atoms with Crippen molar-refractivity contribution in [3.8, 4) is 11.5 Å². The number of anilines is 1. The van der Waals surface area contributed by atoms with Crippen LogP contribution in [0.5, 0.6) is 11.5 Å². The maximum atomic E-state index is 12.4. The Bertz CT molecular complexity index is 1030. The highest BCUT2D eigenvalue weighted by Crippen LogP contribution is 2.28. The van der Waals surface area contributed by atoms with Crippen LogP contribution in [0.3, 0.4) is 0 Å². The Morgan fingerprint density at radius 3 is 2.70 bits per heavy atom. The number of ether oxygens (including phenoxy) is 2. The molecule has 0 aliphatic heterocycles. The number of hydrogen-bond acceptors (Lipinski definition) is 6. The lowest BCUT2D eigenvalue weighted by Gasteiger charge is -2.14. The van der Waals surface area contributed by atoms with Gasteiger partial charge in [-0.25, -0.2) is 0 Å². The SMILES string of the molecule is COc1ccc(Cl)cc1NC(=O)CSc1nnc(C(C)Oc2ccc(Br)cc2)n1C. The molecule has 2 aromatic carbocycles. The third kappa shape index (κ3) is 5.68. The molecule has 0 aliphatic rings. The summed E-state index contributed by atoms with van der Waals surface area (Å²) in [6.07, 6.45) is -0.303. The summed E-state index contributed by atoms with van der Waals surface area (Å²) < 4.78 is 14.0. The first kappa shape index (κ1) is 22.5. The van der Waals surface area contributed by atoms with Crippen LogP contribution in [0.1, 0.15) is 18.9 Å². The van der Waals surface area contributed by atoms with Gasteiger partial charge in [0.25, 0.3) is 0 Å². The van der Waals surface area contributed by atoms with E-state index in [0.29, 0.717) is 27.4 Å². The Morgan fingerprint density at radius 1 is 1.27 bits per heavy atom. The number of nitrogens with zero attached hydrogens (tertiary/aromatic N) is 3. The monoisotopic (exact) mass is 510 g/mol. The smallest absolute Gasteiger partial charge is 0.234 e. The summed E-state index contributed by atoms with van der Waals surface area (Å²) in [5.74, 6) is 1.89. The number of hydrogen-bond donors (Lipinski definition) is 1. The molecular formula is C20H20BrClN4O3S. The van der Waals surface area contributed by atoms with E-state index in [1.54, 1.807) is 18.2 Å². The fourth-order valence-electron chi connectivity index (χ4n) is 2.67. The van der Waals surface area contributed by atoms with E-state index in [1.807, 2.05) is 42.8 Å². The molecule has 0 saturated carbocycles. The highest BCUT2D eigenvalue weighted by molar-refractivity contribution is 9.10. The number of halogens is 2. The summed E-state index contributed by atoms with van der Waals surface area (Å²) in [6, 6.07) is 12.6. The van der Waals surface area contributed by atoms with E-state index < -0.39 is 0 Å². The Kier molecular flexibility index (Phi) is 7.63. The average Bonchev–Trinajstić information content (AvgIpc) is 3.09. The van der Waals surface area contributed by atoms with Gasteiger partial charge in [0.15, 0.2) is 17.1 Å². The van der Waals surface area contributed by atoms with Crippen LogP contribution >= 0.6 is 39.3 Å². The Hall–Kier alpha value is -2.23. The van der Waals surface area contributed by atoms with Gasteiger partial charge in [-0.3, -0.25) is 4.79 Å². The number of nitrogens with one attached hydrogen (secondary N) is 1. The highest BCUT2D eigenvalue weighted by Gasteiger charge is 2.18. The van der Waals surface area contributed by atoms with Gasteiger partial charge >= 0.3 is 0 Å². The van der Waals surface area contributed by atoms with Crippen molar-refractivity contribution in [1.82, 2.24) is 14.8 Å². The van der Waals surface area contributed by atoms with E-state index in [1.165, 1.54) is 18.9 Å². The van der Waals surface area contributed by atoms with Crippen molar-refractivity contribution in [1.29, 1.82) is 0 Å². The lowest BCUT2D eigenvalue weighted by atomic mass is 10.3. The summed E-state index contributed by atoms with van der Waals surface area (Å²) in [6.45, 7) is 1.90. The number of carbonyl (C=O) groups excluding carboxylic acids is 1. The van der Waals surface area contributed by atoms with Crippen molar-refractivity contribution in [2.24, 2.45) is 7.05 Å². The molecule has 1 N–H and O–H groups in total. The molecule has 158 valence electrons. The summed E-state index contributed by atoms with van der Waals surface area (Å²) in [5, 5.41) is 12.3. The zero-order valence-electron chi connectivity index (χ0n) is 16.6. The average molecular weight is 512 g/mol. The molecule has 1 atom stereocenters. The molecule has 1 amide bonds. The molecule has 1 heterocycles. The number of amides is 1. The first-order valence-electron chi connectivity index (χ1n) is 8.95. The Morgan fingerprint density at radius 2 is 2.00 bits per heavy atom. The van der Waals surface area contributed by atoms with Crippen molar-refractivity contribution in [3.05, 3.63) is 57.8 Å². The molecule has 0 saturated heterocycles. The third-order valence-corrected chi connectivity index (χ3v) is 5.91. The second kappa shape index (κ2) is 10.2. The van der Waals surface area contributed by atoms with Crippen LogP contribution in [-0.4, -0.2) is 33.5 Å². The Balaban J connectivity index is 1.60. The maximum absolute atomic E-state index is 12.4. The number of aromatic nitrogens is 3.